The average molecular weight is 329 g/mol. The van der Waals surface area contributed by atoms with Crippen molar-refractivity contribution < 1.29 is 27.2 Å². The second-order valence-corrected chi connectivity index (χ2v) is 4.80. The highest BCUT2D eigenvalue weighted by Crippen LogP contribution is 2.30. The first-order chi connectivity index (χ1) is 10.8. The molecule has 0 saturated heterocycles. The van der Waals surface area contributed by atoms with Crippen molar-refractivity contribution >= 4 is 5.91 Å². The minimum absolute atomic E-state index is 0.160. The summed E-state index contributed by atoms with van der Waals surface area (Å²) in [5.41, 5.74) is -0.785. The predicted octanol–water partition coefficient (Wildman–Crippen LogP) is 2.73. The van der Waals surface area contributed by atoms with Crippen LogP contribution in [-0.4, -0.2) is 22.2 Å². The summed E-state index contributed by atoms with van der Waals surface area (Å²) in [4.78, 5) is 15.8. The molecule has 9 heteroatoms. The Morgan fingerprint density at radius 3 is 2.43 bits per heavy atom. The summed E-state index contributed by atoms with van der Waals surface area (Å²) in [6, 6.07) is 3.62. The molecule has 124 valence electrons. The van der Waals surface area contributed by atoms with Crippen molar-refractivity contribution in [3.63, 3.8) is 0 Å². The number of carbonyl (C=O) groups is 1. The number of amides is 1. The maximum Gasteiger partial charge on any atom is 0.416 e. The van der Waals surface area contributed by atoms with E-state index >= 15 is 0 Å². The van der Waals surface area contributed by atoms with Crippen LogP contribution < -0.4 is 10.1 Å². The smallest absolute Gasteiger partial charge is 0.416 e. The quantitative estimate of drug-likeness (QED) is 0.913. The second-order valence-electron chi connectivity index (χ2n) is 4.80. The van der Waals surface area contributed by atoms with Crippen molar-refractivity contribution in [3.05, 3.63) is 42.0 Å². The van der Waals surface area contributed by atoms with Gasteiger partial charge in [0.1, 0.15) is 5.75 Å². The zero-order valence-electron chi connectivity index (χ0n) is 12.3. The van der Waals surface area contributed by atoms with Crippen LogP contribution in [0, 0.1) is 0 Å². The Morgan fingerprint density at radius 2 is 1.91 bits per heavy atom. The highest BCUT2D eigenvalue weighted by atomic mass is 19.4. The van der Waals surface area contributed by atoms with E-state index in [2.05, 4.69) is 20.0 Å². The Labute approximate surface area is 129 Å². The number of hydrogen-bond acceptors (Lipinski definition) is 5. The lowest BCUT2D eigenvalue weighted by Gasteiger charge is -2.17. The number of rotatable bonds is 5. The molecular formula is C14H14F3N3O3. The van der Waals surface area contributed by atoms with Gasteiger partial charge in [-0.05, 0) is 38.1 Å². The molecule has 2 unspecified atom stereocenters. The van der Waals surface area contributed by atoms with Gasteiger partial charge in [0.05, 0.1) is 11.6 Å². The topological polar surface area (TPSA) is 77.2 Å². The molecule has 1 amide bonds. The third-order valence-corrected chi connectivity index (χ3v) is 2.99. The van der Waals surface area contributed by atoms with Crippen molar-refractivity contribution in [2.75, 3.05) is 0 Å². The Balaban J connectivity index is 1.93. The molecule has 0 radical (unpaired) electrons. The largest absolute Gasteiger partial charge is 0.481 e. The molecular weight excluding hydrogens is 315 g/mol. The van der Waals surface area contributed by atoms with Crippen LogP contribution in [0.3, 0.4) is 0 Å². The van der Waals surface area contributed by atoms with Crippen LogP contribution in [0.25, 0.3) is 0 Å². The predicted molar refractivity (Wildman–Crippen MR) is 72.4 cm³/mol. The minimum Gasteiger partial charge on any atom is -0.481 e. The molecule has 0 saturated carbocycles. The van der Waals surface area contributed by atoms with E-state index in [1.54, 1.807) is 6.92 Å². The first-order valence-electron chi connectivity index (χ1n) is 6.68. The number of benzene rings is 1. The summed E-state index contributed by atoms with van der Waals surface area (Å²) in [5.74, 6) is 0.00939. The average Bonchev–Trinajstić information content (AvgIpc) is 3.01. The van der Waals surface area contributed by atoms with Crippen LogP contribution in [0.15, 0.2) is 35.2 Å². The Bertz CT molecular complexity index is 642. The van der Waals surface area contributed by atoms with Gasteiger partial charge in [-0.25, -0.2) is 0 Å². The Hall–Kier alpha value is -2.58. The Morgan fingerprint density at radius 1 is 1.26 bits per heavy atom. The van der Waals surface area contributed by atoms with Gasteiger partial charge in [0.2, 0.25) is 6.39 Å². The van der Waals surface area contributed by atoms with Crippen molar-refractivity contribution in [3.8, 4) is 5.75 Å². The van der Waals surface area contributed by atoms with E-state index in [9.17, 15) is 18.0 Å². The lowest BCUT2D eigenvalue weighted by molar-refractivity contribution is -0.137. The molecule has 23 heavy (non-hydrogen) atoms. The van der Waals surface area contributed by atoms with Gasteiger partial charge in [-0.15, -0.1) is 0 Å². The maximum absolute atomic E-state index is 12.5. The van der Waals surface area contributed by atoms with Crippen molar-refractivity contribution in [1.82, 2.24) is 15.5 Å². The summed E-state index contributed by atoms with van der Waals surface area (Å²) in [6.45, 7) is 3.14. The van der Waals surface area contributed by atoms with E-state index in [0.717, 1.165) is 30.7 Å². The number of aromatic nitrogens is 2. The van der Waals surface area contributed by atoms with E-state index in [4.69, 9.17) is 4.74 Å². The maximum atomic E-state index is 12.5. The van der Waals surface area contributed by atoms with Crippen LogP contribution in [-0.2, 0) is 11.0 Å². The lowest BCUT2D eigenvalue weighted by atomic mass is 10.2. The number of carbonyl (C=O) groups excluding carboxylic acids is 1. The number of hydrogen-bond donors (Lipinski definition) is 1. The highest BCUT2D eigenvalue weighted by molar-refractivity contribution is 5.81. The van der Waals surface area contributed by atoms with E-state index in [-0.39, 0.29) is 5.75 Å². The van der Waals surface area contributed by atoms with Gasteiger partial charge in [0, 0.05) is 0 Å². The van der Waals surface area contributed by atoms with E-state index in [1.807, 2.05) is 0 Å². The highest BCUT2D eigenvalue weighted by Gasteiger charge is 2.30. The summed E-state index contributed by atoms with van der Waals surface area (Å²) < 4.78 is 47.3. The summed E-state index contributed by atoms with van der Waals surface area (Å²) in [6.07, 6.45) is -4.18. The van der Waals surface area contributed by atoms with Crippen molar-refractivity contribution in [2.45, 2.75) is 32.2 Å². The molecule has 2 atom stereocenters. The monoisotopic (exact) mass is 329 g/mol. The standard InChI is InChI=1S/C14H14F3N3O3/c1-8(12-18-7-22-20-12)19-13(21)9(2)23-11-5-3-10(4-6-11)14(15,16)17/h3-9H,1-2H3,(H,19,21). The molecule has 0 aliphatic carbocycles. The third-order valence-electron chi connectivity index (χ3n) is 2.99. The molecule has 1 heterocycles. The van der Waals surface area contributed by atoms with Crippen molar-refractivity contribution in [1.29, 1.82) is 0 Å². The molecule has 1 aromatic heterocycles. The normalized spacial score (nSPS) is 14.1. The van der Waals surface area contributed by atoms with Crippen LogP contribution in [0.5, 0.6) is 5.75 Å². The van der Waals surface area contributed by atoms with Gasteiger partial charge >= 0.3 is 6.18 Å². The second kappa shape index (κ2) is 6.67. The minimum atomic E-state index is -4.42. The van der Waals surface area contributed by atoms with Crippen LogP contribution in [0.1, 0.15) is 31.3 Å². The molecule has 0 bridgehead atoms. The number of nitrogens with one attached hydrogen (secondary N) is 1. The zero-order chi connectivity index (χ0) is 17.0. The fraction of sp³-hybridized carbons (Fsp3) is 0.357. The summed E-state index contributed by atoms with van der Waals surface area (Å²) in [5, 5.41) is 6.21. The van der Waals surface area contributed by atoms with Crippen LogP contribution in [0.2, 0.25) is 0 Å². The van der Waals surface area contributed by atoms with Gasteiger partial charge < -0.3 is 14.6 Å². The summed E-state index contributed by atoms with van der Waals surface area (Å²) >= 11 is 0. The number of alkyl halides is 3. The van der Waals surface area contributed by atoms with Crippen LogP contribution in [0.4, 0.5) is 13.2 Å². The van der Waals surface area contributed by atoms with E-state index < -0.39 is 29.8 Å². The van der Waals surface area contributed by atoms with Gasteiger partial charge in [-0.3, -0.25) is 4.79 Å². The number of halogens is 3. The zero-order valence-corrected chi connectivity index (χ0v) is 12.3. The van der Waals surface area contributed by atoms with Crippen molar-refractivity contribution in [2.24, 2.45) is 0 Å². The first kappa shape index (κ1) is 16.8. The molecule has 0 fully saturated rings. The number of ether oxygens (including phenoxy) is 1. The van der Waals surface area contributed by atoms with Gasteiger partial charge in [-0.2, -0.15) is 18.2 Å². The molecule has 0 aliphatic rings. The van der Waals surface area contributed by atoms with Gasteiger partial charge in [0.25, 0.3) is 5.91 Å². The fourth-order valence-corrected chi connectivity index (χ4v) is 1.74. The fourth-order valence-electron chi connectivity index (χ4n) is 1.74. The summed E-state index contributed by atoms with van der Waals surface area (Å²) in [7, 11) is 0. The Kier molecular flexibility index (Phi) is 4.87. The van der Waals surface area contributed by atoms with Gasteiger partial charge in [-0.1, -0.05) is 5.16 Å². The molecule has 2 aromatic rings. The SMILES string of the molecule is CC(Oc1ccc(C(F)(F)F)cc1)C(=O)NC(C)c1ncon1. The van der Waals surface area contributed by atoms with E-state index in [0.29, 0.717) is 5.82 Å². The molecule has 0 spiro atoms. The first-order valence-corrected chi connectivity index (χ1v) is 6.68. The van der Waals surface area contributed by atoms with Crippen LogP contribution >= 0.6 is 0 Å². The third kappa shape index (κ3) is 4.44. The lowest BCUT2D eigenvalue weighted by Crippen LogP contribution is -2.38. The molecule has 1 N–H and O–H groups in total. The van der Waals surface area contributed by atoms with E-state index in [1.165, 1.54) is 6.92 Å². The molecule has 6 nitrogen and oxygen atoms in total. The molecule has 2 rings (SSSR count). The number of nitrogens with zero attached hydrogens (tertiary/aromatic N) is 2. The molecule has 0 aliphatic heterocycles. The van der Waals surface area contributed by atoms with Gasteiger partial charge in [0.15, 0.2) is 11.9 Å². The molecule has 1 aromatic carbocycles.